The van der Waals surface area contributed by atoms with Crippen LogP contribution in [-0.2, 0) is 0 Å². The number of hydrazine groups is 1. The predicted molar refractivity (Wildman–Crippen MR) is 65.5 cm³/mol. The van der Waals surface area contributed by atoms with E-state index in [0.717, 1.165) is 11.2 Å². The van der Waals surface area contributed by atoms with Crippen molar-refractivity contribution in [3.63, 3.8) is 0 Å². The number of anilines is 2. The summed E-state index contributed by atoms with van der Waals surface area (Å²) >= 11 is 0. The van der Waals surface area contributed by atoms with E-state index in [2.05, 4.69) is 37.5 Å². The second kappa shape index (κ2) is 3.85. The average molecular weight is 233 g/mol. The number of H-pyrrole nitrogens is 1. The normalized spacial score (nSPS) is 15.9. The summed E-state index contributed by atoms with van der Waals surface area (Å²) in [5, 5.41) is 7.77. The molecule has 1 fully saturated rings. The van der Waals surface area contributed by atoms with Crippen molar-refractivity contribution in [2.24, 2.45) is 5.84 Å². The van der Waals surface area contributed by atoms with Gasteiger partial charge in [0.15, 0.2) is 5.65 Å². The Labute approximate surface area is 98.4 Å². The molecule has 0 spiro atoms. The molecule has 0 aromatic carbocycles. The summed E-state index contributed by atoms with van der Waals surface area (Å²) in [4.78, 5) is 10.8. The quantitative estimate of drug-likeness (QED) is 0.531. The minimum absolute atomic E-state index is 0.405. The Bertz CT molecular complexity index is 530. The first-order chi connectivity index (χ1) is 8.29. The topological polar surface area (TPSA) is 95.8 Å². The van der Waals surface area contributed by atoms with Crippen LogP contribution in [0.4, 0.5) is 11.8 Å². The van der Waals surface area contributed by atoms with Crippen molar-refractivity contribution in [3.05, 3.63) is 6.20 Å². The lowest BCUT2D eigenvalue weighted by Gasteiger charge is -2.35. The highest BCUT2D eigenvalue weighted by molar-refractivity contribution is 5.87. The molecule has 7 nitrogen and oxygen atoms in total. The molecule has 90 valence electrons. The first-order valence-corrected chi connectivity index (χ1v) is 5.70. The molecule has 0 unspecified atom stereocenters. The van der Waals surface area contributed by atoms with Crippen LogP contribution >= 0.6 is 0 Å². The number of aromatic nitrogens is 4. The number of nitrogens with zero attached hydrogens (tertiary/aromatic N) is 4. The van der Waals surface area contributed by atoms with Gasteiger partial charge in [0.1, 0.15) is 5.82 Å². The Kier molecular flexibility index (Phi) is 2.32. The SMILES string of the molecule is CN(c1nc(NN)nc2[nH]ncc12)C1CCC1. The Morgan fingerprint density at radius 3 is 2.94 bits per heavy atom. The lowest BCUT2D eigenvalue weighted by atomic mass is 9.92. The van der Waals surface area contributed by atoms with Crippen LogP contribution in [-0.4, -0.2) is 33.3 Å². The van der Waals surface area contributed by atoms with Crippen LogP contribution in [0.2, 0.25) is 0 Å². The third-order valence-corrected chi connectivity index (χ3v) is 3.38. The molecule has 1 saturated carbocycles. The van der Waals surface area contributed by atoms with Crippen LogP contribution in [0.15, 0.2) is 6.20 Å². The fourth-order valence-electron chi connectivity index (χ4n) is 2.10. The molecule has 1 aliphatic rings. The molecule has 3 rings (SSSR count). The molecule has 0 aliphatic heterocycles. The molecule has 1 aliphatic carbocycles. The first kappa shape index (κ1) is 10.3. The Balaban J connectivity index is 2.08. The molecule has 4 N–H and O–H groups in total. The van der Waals surface area contributed by atoms with Gasteiger partial charge >= 0.3 is 0 Å². The Morgan fingerprint density at radius 1 is 1.47 bits per heavy atom. The highest BCUT2D eigenvalue weighted by atomic mass is 15.3. The molecule has 0 bridgehead atoms. The lowest BCUT2D eigenvalue weighted by Crippen LogP contribution is -2.37. The van der Waals surface area contributed by atoms with Crippen molar-refractivity contribution in [3.8, 4) is 0 Å². The van der Waals surface area contributed by atoms with Crippen molar-refractivity contribution < 1.29 is 0 Å². The number of fused-ring (bicyclic) bond motifs is 1. The number of hydrogen-bond acceptors (Lipinski definition) is 6. The number of nitrogens with two attached hydrogens (primary N) is 1. The molecular formula is C10H15N7. The van der Waals surface area contributed by atoms with Crippen LogP contribution in [0.5, 0.6) is 0 Å². The molecule has 0 atom stereocenters. The van der Waals surface area contributed by atoms with E-state index < -0.39 is 0 Å². The summed E-state index contributed by atoms with van der Waals surface area (Å²) in [6.45, 7) is 0. The van der Waals surface area contributed by atoms with Gasteiger partial charge in [-0.2, -0.15) is 15.1 Å². The maximum atomic E-state index is 5.37. The van der Waals surface area contributed by atoms with E-state index >= 15 is 0 Å². The zero-order valence-electron chi connectivity index (χ0n) is 9.64. The van der Waals surface area contributed by atoms with Gasteiger partial charge in [-0.3, -0.25) is 10.5 Å². The Hall–Kier alpha value is -1.89. The molecular weight excluding hydrogens is 218 g/mol. The Morgan fingerprint density at radius 2 is 2.29 bits per heavy atom. The van der Waals surface area contributed by atoms with Crippen LogP contribution in [0.1, 0.15) is 19.3 Å². The van der Waals surface area contributed by atoms with Crippen molar-refractivity contribution in [1.29, 1.82) is 0 Å². The first-order valence-electron chi connectivity index (χ1n) is 5.70. The number of nitrogen functional groups attached to an aromatic ring is 1. The van der Waals surface area contributed by atoms with Gasteiger partial charge in [0.25, 0.3) is 0 Å². The molecule has 2 aromatic rings. The highest BCUT2D eigenvalue weighted by Crippen LogP contribution is 2.31. The van der Waals surface area contributed by atoms with E-state index in [-0.39, 0.29) is 0 Å². The second-order valence-electron chi connectivity index (χ2n) is 4.34. The van der Waals surface area contributed by atoms with Gasteiger partial charge in [0, 0.05) is 13.1 Å². The summed E-state index contributed by atoms with van der Waals surface area (Å²) < 4.78 is 0. The zero-order chi connectivity index (χ0) is 11.8. The van der Waals surface area contributed by atoms with Gasteiger partial charge in [0.2, 0.25) is 5.95 Å². The lowest BCUT2D eigenvalue weighted by molar-refractivity contribution is 0.400. The van der Waals surface area contributed by atoms with Crippen molar-refractivity contribution in [1.82, 2.24) is 20.2 Å². The summed E-state index contributed by atoms with van der Waals surface area (Å²) in [5.74, 6) is 6.66. The minimum atomic E-state index is 0.405. The zero-order valence-corrected chi connectivity index (χ0v) is 9.64. The van der Waals surface area contributed by atoms with Crippen LogP contribution in [0.25, 0.3) is 11.0 Å². The van der Waals surface area contributed by atoms with Gasteiger partial charge in [-0.1, -0.05) is 0 Å². The number of rotatable bonds is 3. The molecule has 17 heavy (non-hydrogen) atoms. The highest BCUT2D eigenvalue weighted by Gasteiger charge is 2.25. The summed E-state index contributed by atoms with van der Waals surface area (Å²) in [6, 6.07) is 0.564. The van der Waals surface area contributed by atoms with E-state index in [1.54, 1.807) is 6.20 Å². The summed E-state index contributed by atoms with van der Waals surface area (Å²) in [7, 11) is 2.05. The standard InChI is InChI=1S/C10H15N7/c1-17(6-3-2-4-6)9-7-5-12-16-8(7)13-10(14-9)15-11/h5-6H,2-4,11H2,1H3,(H2,12,13,14,15,16). The second-order valence-corrected chi connectivity index (χ2v) is 4.34. The van der Waals surface area contributed by atoms with Crippen molar-refractivity contribution in [2.45, 2.75) is 25.3 Å². The third kappa shape index (κ3) is 1.59. The van der Waals surface area contributed by atoms with Gasteiger partial charge < -0.3 is 4.90 Å². The van der Waals surface area contributed by atoms with E-state index in [4.69, 9.17) is 5.84 Å². The molecule has 7 heteroatoms. The smallest absolute Gasteiger partial charge is 0.241 e. The van der Waals surface area contributed by atoms with Crippen molar-refractivity contribution in [2.75, 3.05) is 17.4 Å². The van der Waals surface area contributed by atoms with E-state index in [0.29, 0.717) is 17.6 Å². The van der Waals surface area contributed by atoms with Crippen molar-refractivity contribution >= 4 is 22.8 Å². The van der Waals surface area contributed by atoms with E-state index in [9.17, 15) is 0 Å². The molecule has 2 aromatic heterocycles. The fourth-order valence-corrected chi connectivity index (χ4v) is 2.10. The van der Waals surface area contributed by atoms with Gasteiger partial charge in [0.05, 0.1) is 11.6 Å². The van der Waals surface area contributed by atoms with Crippen LogP contribution < -0.4 is 16.2 Å². The maximum absolute atomic E-state index is 5.37. The summed E-state index contributed by atoms with van der Waals surface area (Å²) in [5.41, 5.74) is 3.19. The predicted octanol–water partition coefficient (Wildman–Crippen LogP) is 0.627. The number of hydrogen-bond donors (Lipinski definition) is 3. The number of aromatic amines is 1. The third-order valence-electron chi connectivity index (χ3n) is 3.38. The maximum Gasteiger partial charge on any atom is 0.241 e. The molecule has 0 amide bonds. The fraction of sp³-hybridized carbons (Fsp3) is 0.500. The van der Waals surface area contributed by atoms with Gasteiger partial charge in [-0.25, -0.2) is 5.84 Å². The average Bonchev–Trinajstić information content (AvgIpc) is 2.72. The van der Waals surface area contributed by atoms with Gasteiger partial charge in [-0.05, 0) is 19.3 Å². The molecule has 0 saturated heterocycles. The summed E-state index contributed by atoms with van der Waals surface area (Å²) in [6.07, 6.45) is 5.47. The van der Waals surface area contributed by atoms with Crippen LogP contribution in [0, 0.1) is 0 Å². The number of nitrogens with one attached hydrogen (secondary N) is 2. The minimum Gasteiger partial charge on any atom is -0.356 e. The van der Waals surface area contributed by atoms with E-state index in [1.165, 1.54) is 19.3 Å². The monoisotopic (exact) mass is 233 g/mol. The van der Waals surface area contributed by atoms with E-state index in [1.807, 2.05) is 0 Å². The largest absolute Gasteiger partial charge is 0.356 e. The van der Waals surface area contributed by atoms with Crippen LogP contribution in [0.3, 0.4) is 0 Å². The molecule has 0 radical (unpaired) electrons. The molecule has 2 heterocycles. The van der Waals surface area contributed by atoms with Gasteiger partial charge in [-0.15, -0.1) is 0 Å².